The second kappa shape index (κ2) is 6.49. The maximum absolute atomic E-state index is 5.67. The molecule has 2 heterocycles. The molecule has 6 heteroatoms. The monoisotopic (exact) mass is 319 g/mol. The van der Waals surface area contributed by atoms with E-state index in [1.54, 1.807) is 23.1 Å². The standard InChI is InChI=1S/C15H17N3OS2/c1-3-4-9-19-12-7-5-11(6-8-12)13-10-18-14(16-13)21-15(17-18)20-2/h5-8,10H,3-4,9H2,1-2H3. The van der Waals surface area contributed by atoms with E-state index in [1.807, 2.05) is 41.2 Å². The van der Waals surface area contributed by atoms with Crippen molar-refractivity contribution in [2.75, 3.05) is 12.9 Å². The van der Waals surface area contributed by atoms with Crippen LogP contribution < -0.4 is 4.74 Å². The fourth-order valence-corrected chi connectivity index (χ4v) is 3.30. The van der Waals surface area contributed by atoms with E-state index in [0.29, 0.717) is 0 Å². The molecule has 2 aromatic heterocycles. The van der Waals surface area contributed by atoms with Crippen molar-refractivity contribution in [3.05, 3.63) is 30.5 Å². The summed E-state index contributed by atoms with van der Waals surface area (Å²) in [6, 6.07) is 8.09. The molecule has 4 nitrogen and oxygen atoms in total. The van der Waals surface area contributed by atoms with Gasteiger partial charge in [-0.25, -0.2) is 9.50 Å². The predicted octanol–water partition coefficient (Wildman–Crippen LogP) is 4.36. The van der Waals surface area contributed by atoms with E-state index >= 15 is 0 Å². The molecule has 21 heavy (non-hydrogen) atoms. The summed E-state index contributed by atoms with van der Waals surface area (Å²) in [4.78, 5) is 5.55. The number of thioether (sulfide) groups is 1. The largest absolute Gasteiger partial charge is 0.494 e. The lowest BCUT2D eigenvalue weighted by atomic mass is 10.2. The minimum absolute atomic E-state index is 0.775. The van der Waals surface area contributed by atoms with Gasteiger partial charge in [0.2, 0.25) is 4.96 Å². The van der Waals surface area contributed by atoms with Crippen molar-refractivity contribution in [3.8, 4) is 17.0 Å². The summed E-state index contributed by atoms with van der Waals surface area (Å²) < 4.78 is 8.55. The summed E-state index contributed by atoms with van der Waals surface area (Å²) in [5.41, 5.74) is 2.03. The van der Waals surface area contributed by atoms with E-state index in [4.69, 9.17) is 4.74 Å². The number of ether oxygens (including phenoxy) is 1. The van der Waals surface area contributed by atoms with Crippen LogP contribution in [0.4, 0.5) is 0 Å². The van der Waals surface area contributed by atoms with Crippen molar-refractivity contribution in [2.45, 2.75) is 24.1 Å². The van der Waals surface area contributed by atoms with Crippen molar-refractivity contribution in [1.82, 2.24) is 14.6 Å². The fourth-order valence-electron chi connectivity index (χ4n) is 1.96. The first-order chi connectivity index (χ1) is 10.3. The van der Waals surface area contributed by atoms with Crippen LogP contribution in [0.3, 0.4) is 0 Å². The summed E-state index contributed by atoms with van der Waals surface area (Å²) in [7, 11) is 0. The Balaban J connectivity index is 1.76. The van der Waals surface area contributed by atoms with Crippen LogP contribution in [0.5, 0.6) is 5.75 Å². The van der Waals surface area contributed by atoms with Crippen molar-refractivity contribution in [1.29, 1.82) is 0 Å². The number of fused-ring (bicyclic) bond motifs is 1. The lowest BCUT2D eigenvalue weighted by molar-refractivity contribution is 0.309. The van der Waals surface area contributed by atoms with E-state index in [-0.39, 0.29) is 0 Å². The smallest absolute Gasteiger partial charge is 0.213 e. The van der Waals surface area contributed by atoms with Crippen molar-refractivity contribution in [2.24, 2.45) is 0 Å². The van der Waals surface area contributed by atoms with Gasteiger partial charge in [0, 0.05) is 5.56 Å². The number of nitrogens with zero attached hydrogens (tertiary/aromatic N) is 3. The van der Waals surface area contributed by atoms with Gasteiger partial charge in [0.15, 0.2) is 4.34 Å². The molecule has 0 aliphatic rings. The molecule has 3 aromatic rings. The maximum atomic E-state index is 5.67. The molecular weight excluding hydrogens is 302 g/mol. The zero-order valence-electron chi connectivity index (χ0n) is 12.1. The normalized spacial score (nSPS) is 11.1. The minimum atomic E-state index is 0.775. The highest BCUT2D eigenvalue weighted by molar-refractivity contribution is 8.00. The Bertz CT molecular complexity index is 687. The topological polar surface area (TPSA) is 39.4 Å². The molecule has 3 rings (SSSR count). The number of rotatable bonds is 6. The van der Waals surface area contributed by atoms with E-state index in [2.05, 4.69) is 17.0 Å². The number of unbranched alkanes of at least 4 members (excludes halogenated alkanes) is 1. The number of hydrogen-bond acceptors (Lipinski definition) is 5. The number of hydrogen-bond donors (Lipinski definition) is 0. The molecule has 0 bridgehead atoms. The molecule has 0 N–H and O–H groups in total. The Morgan fingerprint density at radius 1 is 1.29 bits per heavy atom. The van der Waals surface area contributed by atoms with Crippen LogP contribution >= 0.6 is 23.1 Å². The molecule has 0 spiro atoms. The van der Waals surface area contributed by atoms with E-state index in [1.165, 1.54) is 0 Å². The van der Waals surface area contributed by atoms with Crippen LogP contribution in [0.2, 0.25) is 0 Å². The SMILES string of the molecule is CCCCOc1ccc(-c2cn3nc(SC)sc3n2)cc1. The third-order valence-electron chi connectivity index (χ3n) is 3.12. The lowest BCUT2D eigenvalue weighted by Gasteiger charge is -2.05. The van der Waals surface area contributed by atoms with Crippen molar-refractivity contribution in [3.63, 3.8) is 0 Å². The molecule has 0 amide bonds. The molecule has 110 valence electrons. The van der Waals surface area contributed by atoms with Crippen LogP contribution in [0.1, 0.15) is 19.8 Å². The molecule has 0 saturated heterocycles. The van der Waals surface area contributed by atoms with Crippen molar-refractivity contribution < 1.29 is 4.74 Å². The van der Waals surface area contributed by atoms with Crippen LogP contribution in [0.25, 0.3) is 16.2 Å². The van der Waals surface area contributed by atoms with E-state index < -0.39 is 0 Å². The third kappa shape index (κ3) is 3.22. The highest BCUT2D eigenvalue weighted by Crippen LogP contribution is 2.27. The highest BCUT2D eigenvalue weighted by Gasteiger charge is 2.09. The first-order valence-electron chi connectivity index (χ1n) is 6.93. The maximum Gasteiger partial charge on any atom is 0.213 e. The quantitative estimate of drug-likeness (QED) is 0.500. The zero-order chi connectivity index (χ0) is 14.7. The Morgan fingerprint density at radius 2 is 2.10 bits per heavy atom. The molecule has 1 aromatic carbocycles. The van der Waals surface area contributed by atoms with E-state index in [9.17, 15) is 0 Å². The minimum Gasteiger partial charge on any atom is -0.494 e. The average Bonchev–Trinajstić information content (AvgIpc) is 3.06. The summed E-state index contributed by atoms with van der Waals surface area (Å²) >= 11 is 3.25. The molecular formula is C15H17N3OS2. The summed E-state index contributed by atoms with van der Waals surface area (Å²) in [6.07, 6.45) is 6.23. The van der Waals surface area contributed by atoms with Crippen LogP contribution in [-0.4, -0.2) is 27.5 Å². The summed E-state index contributed by atoms with van der Waals surface area (Å²) in [5.74, 6) is 0.913. The van der Waals surface area contributed by atoms with Crippen LogP contribution in [0, 0.1) is 0 Å². The fraction of sp³-hybridized carbons (Fsp3) is 0.333. The number of aromatic nitrogens is 3. The average molecular weight is 319 g/mol. The van der Waals surface area contributed by atoms with Gasteiger partial charge in [-0.1, -0.05) is 36.4 Å². The zero-order valence-corrected chi connectivity index (χ0v) is 13.7. The molecule has 0 saturated carbocycles. The van der Waals surface area contributed by atoms with Gasteiger partial charge in [0.25, 0.3) is 0 Å². The van der Waals surface area contributed by atoms with Crippen molar-refractivity contribution >= 4 is 28.1 Å². The Labute approximate surface area is 132 Å². The van der Waals surface area contributed by atoms with Gasteiger partial charge in [-0.3, -0.25) is 0 Å². The van der Waals surface area contributed by atoms with Gasteiger partial charge in [-0.15, -0.1) is 5.10 Å². The third-order valence-corrected chi connectivity index (χ3v) is 5.01. The van der Waals surface area contributed by atoms with E-state index in [0.717, 1.165) is 45.8 Å². The van der Waals surface area contributed by atoms with Gasteiger partial charge in [0.05, 0.1) is 18.5 Å². The van der Waals surface area contributed by atoms with Gasteiger partial charge < -0.3 is 4.74 Å². The first-order valence-corrected chi connectivity index (χ1v) is 8.97. The molecule has 0 aliphatic heterocycles. The Morgan fingerprint density at radius 3 is 2.76 bits per heavy atom. The predicted molar refractivity (Wildman–Crippen MR) is 88.5 cm³/mol. The van der Waals surface area contributed by atoms with Gasteiger partial charge in [-0.05, 0) is 36.9 Å². The number of imidazole rings is 1. The number of benzene rings is 1. The van der Waals surface area contributed by atoms with Gasteiger partial charge >= 0.3 is 0 Å². The molecule has 0 unspecified atom stereocenters. The Kier molecular flexibility index (Phi) is 4.45. The second-order valence-electron chi connectivity index (χ2n) is 4.65. The van der Waals surface area contributed by atoms with Crippen LogP contribution in [0.15, 0.2) is 34.8 Å². The van der Waals surface area contributed by atoms with Crippen LogP contribution in [-0.2, 0) is 0 Å². The molecule has 0 fully saturated rings. The first kappa shape index (κ1) is 14.4. The van der Waals surface area contributed by atoms with Gasteiger partial charge in [0.1, 0.15) is 5.75 Å². The summed E-state index contributed by atoms with van der Waals surface area (Å²) in [5, 5.41) is 4.46. The Hall–Kier alpha value is -1.53. The molecule has 0 atom stereocenters. The highest BCUT2D eigenvalue weighted by atomic mass is 32.2. The lowest BCUT2D eigenvalue weighted by Crippen LogP contribution is -1.95. The summed E-state index contributed by atoms with van der Waals surface area (Å²) in [6.45, 7) is 2.94. The molecule has 0 aliphatic carbocycles. The molecule has 0 radical (unpaired) electrons. The second-order valence-corrected chi connectivity index (χ2v) is 6.66. The van der Waals surface area contributed by atoms with Gasteiger partial charge in [-0.2, -0.15) is 0 Å².